The van der Waals surface area contributed by atoms with E-state index in [4.69, 9.17) is 13.9 Å². The van der Waals surface area contributed by atoms with Crippen LogP contribution in [-0.2, 0) is 9.53 Å². The van der Waals surface area contributed by atoms with Gasteiger partial charge < -0.3 is 13.9 Å². The summed E-state index contributed by atoms with van der Waals surface area (Å²) in [4.78, 5) is 42.3. The van der Waals surface area contributed by atoms with Crippen LogP contribution in [0.3, 0.4) is 0 Å². The van der Waals surface area contributed by atoms with Gasteiger partial charge in [0.15, 0.2) is 4.80 Å². The van der Waals surface area contributed by atoms with Crippen LogP contribution in [0.4, 0.5) is 5.69 Å². The van der Waals surface area contributed by atoms with E-state index in [-0.39, 0.29) is 23.4 Å². The van der Waals surface area contributed by atoms with Crippen LogP contribution in [-0.4, -0.2) is 29.2 Å². The molecule has 0 aliphatic carbocycles. The summed E-state index contributed by atoms with van der Waals surface area (Å²) in [5.41, 5.74) is 1.64. The number of furan rings is 1. The highest BCUT2D eigenvalue weighted by Gasteiger charge is 2.35. The molecule has 0 N–H and O–H groups in total. The second-order valence-corrected chi connectivity index (χ2v) is 9.56. The molecule has 1 atom stereocenters. The Labute approximate surface area is 225 Å². The molecule has 0 spiro atoms. The number of esters is 1. The molecule has 2 aromatic carbocycles. The molecule has 0 radical (unpaired) electrons. The van der Waals surface area contributed by atoms with Crippen LogP contribution < -0.4 is 19.6 Å². The van der Waals surface area contributed by atoms with E-state index in [1.165, 1.54) is 35.1 Å². The SMILES string of the molecule is CCOC(=O)C1=C(C)N=c2s/c(=C\c3ccc(-c4ccc([N+](=O)[O-])cc4)o3)c(=O)n2[C@@H]1c1ccccc1OC. The zero-order valence-corrected chi connectivity index (χ0v) is 22.1. The Morgan fingerprint density at radius 1 is 1.18 bits per heavy atom. The van der Waals surface area contributed by atoms with Crippen molar-refractivity contribution < 1.29 is 23.6 Å². The first-order valence-electron chi connectivity index (χ1n) is 12.0. The number of nitro groups is 1. The zero-order valence-electron chi connectivity index (χ0n) is 21.2. The third-order valence-electron chi connectivity index (χ3n) is 6.21. The summed E-state index contributed by atoms with van der Waals surface area (Å²) < 4.78 is 18.7. The Kier molecular flexibility index (Phi) is 6.99. The van der Waals surface area contributed by atoms with Gasteiger partial charge in [-0.2, -0.15) is 0 Å². The maximum atomic E-state index is 13.8. The predicted molar refractivity (Wildman–Crippen MR) is 144 cm³/mol. The highest BCUT2D eigenvalue weighted by Crippen LogP contribution is 2.35. The number of para-hydroxylation sites is 1. The summed E-state index contributed by atoms with van der Waals surface area (Å²) >= 11 is 1.18. The van der Waals surface area contributed by atoms with Crippen molar-refractivity contribution in [3.63, 3.8) is 0 Å². The molecule has 1 aliphatic rings. The van der Waals surface area contributed by atoms with Crippen LogP contribution in [0.15, 0.2) is 86.1 Å². The minimum absolute atomic E-state index is 0.0197. The maximum Gasteiger partial charge on any atom is 0.338 e. The molecule has 0 amide bonds. The Hall–Kier alpha value is -4.77. The smallest absolute Gasteiger partial charge is 0.338 e. The number of hydrogen-bond acceptors (Lipinski definition) is 9. The minimum Gasteiger partial charge on any atom is -0.496 e. The molecule has 5 rings (SSSR count). The van der Waals surface area contributed by atoms with Gasteiger partial charge in [-0.15, -0.1) is 0 Å². The summed E-state index contributed by atoms with van der Waals surface area (Å²) in [5.74, 6) is 0.884. The summed E-state index contributed by atoms with van der Waals surface area (Å²) in [6, 6.07) is 15.8. The quantitative estimate of drug-likeness (QED) is 0.195. The van der Waals surface area contributed by atoms with Crippen molar-refractivity contribution in [2.75, 3.05) is 13.7 Å². The maximum absolute atomic E-state index is 13.8. The Balaban J connectivity index is 1.62. The van der Waals surface area contributed by atoms with Crippen LogP contribution in [0.1, 0.15) is 31.2 Å². The van der Waals surface area contributed by atoms with Crippen LogP contribution in [0.25, 0.3) is 17.4 Å². The predicted octanol–water partition coefficient (Wildman–Crippen LogP) is 3.98. The lowest BCUT2D eigenvalue weighted by atomic mass is 9.95. The Morgan fingerprint density at radius 3 is 2.62 bits per heavy atom. The number of nitrogens with zero attached hydrogens (tertiary/aromatic N) is 3. The van der Waals surface area contributed by atoms with Crippen molar-refractivity contribution in [2.45, 2.75) is 19.9 Å². The van der Waals surface area contributed by atoms with Crippen molar-refractivity contribution in [1.29, 1.82) is 0 Å². The van der Waals surface area contributed by atoms with Gasteiger partial charge in [-0.1, -0.05) is 29.5 Å². The van der Waals surface area contributed by atoms with Gasteiger partial charge in [0.1, 0.15) is 23.3 Å². The van der Waals surface area contributed by atoms with Gasteiger partial charge in [0.05, 0.1) is 34.4 Å². The molecule has 39 heavy (non-hydrogen) atoms. The number of allylic oxidation sites excluding steroid dienone is 1. The number of aromatic nitrogens is 1. The highest BCUT2D eigenvalue weighted by atomic mass is 32.1. The van der Waals surface area contributed by atoms with E-state index < -0.39 is 16.9 Å². The zero-order chi connectivity index (χ0) is 27.7. The molecule has 10 nitrogen and oxygen atoms in total. The second kappa shape index (κ2) is 10.5. The molecular weight excluding hydrogens is 522 g/mol. The number of carbonyl (C=O) groups is 1. The van der Waals surface area contributed by atoms with E-state index >= 15 is 0 Å². The highest BCUT2D eigenvalue weighted by molar-refractivity contribution is 7.07. The van der Waals surface area contributed by atoms with Crippen LogP contribution in [0, 0.1) is 10.1 Å². The number of thiazole rings is 1. The summed E-state index contributed by atoms with van der Waals surface area (Å²) in [6.45, 7) is 3.61. The Bertz CT molecular complexity index is 1800. The first kappa shape index (κ1) is 25.9. The molecule has 1 aliphatic heterocycles. The van der Waals surface area contributed by atoms with Crippen LogP contribution in [0.5, 0.6) is 5.75 Å². The molecule has 0 fully saturated rings. The van der Waals surface area contributed by atoms with Crippen molar-refractivity contribution in [3.05, 3.63) is 113 Å². The minimum atomic E-state index is -0.800. The van der Waals surface area contributed by atoms with E-state index in [1.54, 1.807) is 50.3 Å². The first-order valence-corrected chi connectivity index (χ1v) is 12.8. The van der Waals surface area contributed by atoms with E-state index in [1.807, 2.05) is 18.2 Å². The van der Waals surface area contributed by atoms with Gasteiger partial charge in [-0.05, 0) is 44.2 Å². The van der Waals surface area contributed by atoms with Gasteiger partial charge in [0.2, 0.25) is 0 Å². The van der Waals surface area contributed by atoms with E-state index in [2.05, 4.69) is 4.99 Å². The average Bonchev–Trinajstić information content (AvgIpc) is 3.52. The number of nitro benzene ring substituents is 1. The fourth-order valence-electron chi connectivity index (χ4n) is 4.44. The molecule has 11 heteroatoms. The lowest BCUT2D eigenvalue weighted by molar-refractivity contribution is -0.384. The van der Waals surface area contributed by atoms with Crippen LogP contribution >= 0.6 is 11.3 Å². The van der Waals surface area contributed by atoms with Gasteiger partial charge in [0, 0.05) is 29.3 Å². The third kappa shape index (κ3) is 4.79. The van der Waals surface area contributed by atoms with Gasteiger partial charge >= 0.3 is 5.97 Å². The lowest BCUT2D eigenvalue weighted by Gasteiger charge is -2.25. The number of carbonyl (C=O) groups excluding carboxylic acids is 1. The number of ether oxygens (including phenoxy) is 2. The molecule has 3 heterocycles. The lowest BCUT2D eigenvalue weighted by Crippen LogP contribution is -2.40. The molecular formula is C28H23N3O7S. The van der Waals surface area contributed by atoms with Gasteiger partial charge in [0.25, 0.3) is 11.2 Å². The second-order valence-electron chi connectivity index (χ2n) is 8.55. The first-order chi connectivity index (χ1) is 18.8. The molecule has 4 aromatic rings. The number of non-ortho nitro benzene ring substituents is 1. The van der Waals surface area contributed by atoms with Gasteiger partial charge in [-0.25, -0.2) is 9.79 Å². The Morgan fingerprint density at radius 2 is 1.92 bits per heavy atom. The largest absolute Gasteiger partial charge is 0.496 e. The molecule has 198 valence electrons. The molecule has 0 unspecified atom stereocenters. The normalized spacial score (nSPS) is 15.1. The molecule has 2 aromatic heterocycles. The summed E-state index contributed by atoms with van der Waals surface area (Å²) in [6.07, 6.45) is 1.61. The molecule has 0 bridgehead atoms. The standard InChI is InChI=1S/C28H23N3O7S/c1-4-37-27(33)24-16(2)29-28-30(25(24)20-7-5-6-8-22(20)36-3)26(32)23(39-28)15-19-13-14-21(38-19)17-9-11-18(12-10-17)31(34)35/h5-15,25H,4H2,1-3H3/b23-15-/t25-/m1/s1. The molecule has 0 saturated heterocycles. The number of benzene rings is 2. The summed E-state index contributed by atoms with van der Waals surface area (Å²) in [7, 11) is 1.53. The third-order valence-corrected chi connectivity index (χ3v) is 7.20. The average molecular weight is 546 g/mol. The monoisotopic (exact) mass is 545 g/mol. The fourth-order valence-corrected chi connectivity index (χ4v) is 5.47. The van der Waals surface area contributed by atoms with Crippen molar-refractivity contribution in [3.8, 4) is 17.1 Å². The topological polar surface area (TPSA) is 126 Å². The molecule has 0 saturated carbocycles. The number of fused-ring (bicyclic) bond motifs is 1. The number of rotatable bonds is 7. The van der Waals surface area contributed by atoms with Gasteiger partial charge in [-0.3, -0.25) is 19.5 Å². The fraction of sp³-hybridized carbons (Fsp3) is 0.179. The van der Waals surface area contributed by atoms with E-state index in [9.17, 15) is 19.7 Å². The van der Waals surface area contributed by atoms with Crippen molar-refractivity contribution in [2.24, 2.45) is 4.99 Å². The number of methoxy groups -OCH3 is 1. The van der Waals surface area contributed by atoms with Crippen molar-refractivity contribution >= 4 is 29.1 Å². The van der Waals surface area contributed by atoms with Crippen molar-refractivity contribution in [1.82, 2.24) is 4.57 Å². The van der Waals surface area contributed by atoms with E-state index in [0.717, 1.165) is 0 Å². The number of hydrogen-bond donors (Lipinski definition) is 0. The summed E-state index contributed by atoms with van der Waals surface area (Å²) in [5, 5.41) is 10.9. The van der Waals surface area contributed by atoms with Crippen LogP contribution in [0.2, 0.25) is 0 Å². The van der Waals surface area contributed by atoms with E-state index in [0.29, 0.717) is 43.4 Å².